The number of carbonyl (C=O) groups is 1. The molecular weight excluding hydrogens is 925 g/mol. The molecule has 1 atom stereocenters. The Hall–Kier alpha value is -2.41. The zero-order valence-electron chi connectivity index (χ0n) is 25.7. The summed E-state index contributed by atoms with van der Waals surface area (Å²) in [5.41, 5.74) is 0.454. The first-order chi connectivity index (χ1) is 24.0. The van der Waals surface area contributed by atoms with Gasteiger partial charge in [-0.2, -0.15) is 0 Å². The Kier molecular flexibility index (Phi) is 12.3. The molecule has 0 saturated heterocycles. The molecular formula is C37H26Br3ClNO4PS3. The second kappa shape index (κ2) is 16.5. The predicted octanol–water partition coefficient (Wildman–Crippen LogP) is 13.7. The fraction of sp³-hybridized carbons (Fsp3) is 0.0541. The molecule has 13 heteroatoms. The summed E-state index contributed by atoms with van der Waals surface area (Å²) in [6.07, 6.45) is 0. The van der Waals surface area contributed by atoms with Crippen LogP contribution in [0.3, 0.4) is 0 Å². The molecule has 0 aliphatic carbocycles. The van der Waals surface area contributed by atoms with E-state index in [1.54, 1.807) is 46.3 Å². The molecule has 5 aromatic carbocycles. The van der Waals surface area contributed by atoms with Gasteiger partial charge in [-0.15, -0.1) is 45.6 Å². The number of rotatable bonds is 5. The van der Waals surface area contributed by atoms with Crippen molar-refractivity contribution >= 4 is 154 Å². The summed E-state index contributed by atoms with van der Waals surface area (Å²) in [7, 11) is -4.75. The monoisotopic (exact) mass is 947 g/mol. The molecule has 0 aliphatic heterocycles. The summed E-state index contributed by atoms with van der Waals surface area (Å²) in [5, 5.41) is 13.7. The maximum Gasteiger partial charge on any atom is 0.342 e. The highest BCUT2D eigenvalue weighted by atomic mass is 79.9. The minimum Gasteiger partial charge on any atom is -0.325 e. The third-order valence-electron chi connectivity index (χ3n) is 7.64. The lowest BCUT2D eigenvalue weighted by Gasteiger charge is -2.18. The molecule has 8 aromatic rings. The van der Waals surface area contributed by atoms with E-state index in [0.717, 1.165) is 28.9 Å². The number of amides is 1. The van der Waals surface area contributed by atoms with E-state index in [1.807, 2.05) is 42.5 Å². The predicted molar refractivity (Wildman–Crippen MR) is 225 cm³/mol. The molecule has 0 radical (unpaired) electrons. The highest BCUT2D eigenvalue weighted by Gasteiger charge is 2.39. The number of nitrogens with one attached hydrogen (secondary N) is 1. The molecule has 50 heavy (non-hydrogen) atoms. The van der Waals surface area contributed by atoms with Crippen LogP contribution in [0.5, 0.6) is 0 Å². The molecule has 1 unspecified atom stereocenters. The van der Waals surface area contributed by atoms with Crippen molar-refractivity contribution in [2.45, 2.75) is 11.5 Å². The van der Waals surface area contributed by atoms with Crippen molar-refractivity contribution in [3.63, 3.8) is 0 Å². The Labute approximate surface area is 330 Å². The minimum atomic E-state index is -4.75. The summed E-state index contributed by atoms with van der Waals surface area (Å²) < 4.78 is 18.8. The van der Waals surface area contributed by atoms with Crippen LogP contribution < -0.4 is 5.32 Å². The van der Waals surface area contributed by atoms with Gasteiger partial charge in [0, 0.05) is 39.1 Å². The normalized spacial score (nSPS) is 12.0. The summed E-state index contributed by atoms with van der Waals surface area (Å²) in [6, 6.07) is 33.2. The smallest absolute Gasteiger partial charge is 0.325 e. The van der Waals surface area contributed by atoms with Crippen molar-refractivity contribution in [1.82, 2.24) is 0 Å². The van der Waals surface area contributed by atoms with Crippen molar-refractivity contribution in [2.75, 3.05) is 5.32 Å². The number of halogens is 4. The van der Waals surface area contributed by atoms with E-state index in [-0.39, 0.29) is 0 Å². The molecule has 0 fully saturated rings. The lowest BCUT2D eigenvalue weighted by atomic mass is 10.1. The van der Waals surface area contributed by atoms with Crippen molar-refractivity contribution in [2.24, 2.45) is 0 Å². The van der Waals surface area contributed by atoms with Gasteiger partial charge in [0.25, 0.3) is 0 Å². The van der Waals surface area contributed by atoms with Crippen LogP contribution in [0, 0.1) is 0 Å². The molecule has 0 saturated carbocycles. The van der Waals surface area contributed by atoms with Crippen LogP contribution in [0.4, 0.5) is 5.69 Å². The first-order valence-corrected chi connectivity index (χ1v) is 22.1. The standard InChI is InChI=1S/C20H15BrNO4PS.C9H6BrClS.C8H5BrS/c21-14-6-8-18-16(10-14)17(11-28-18)19(27(24,25)26)20(23)22-15-7-5-12-3-1-2-4-13(12)9-15;10-7-1-2-9-8(3-7)6(4-11)5-12-9;9-7-1-2-8-6(5-7)3-4-10-8/h1-11,19H,(H,22,23)(H2,24,25,26);1-3,5H,4H2;1-5H. The van der Waals surface area contributed by atoms with Crippen molar-refractivity contribution < 1.29 is 19.1 Å². The maximum absolute atomic E-state index is 12.9. The summed E-state index contributed by atoms with van der Waals surface area (Å²) >= 11 is 20.9. The first-order valence-electron chi connectivity index (χ1n) is 14.9. The van der Waals surface area contributed by atoms with Gasteiger partial charge in [-0.1, -0.05) is 78.1 Å². The Bertz CT molecular complexity index is 2510. The van der Waals surface area contributed by atoms with E-state index in [1.165, 1.54) is 37.1 Å². The summed E-state index contributed by atoms with van der Waals surface area (Å²) in [6.45, 7) is 0. The van der Waals surface area contributed by atoms with E-state index >= 15 is 0 Å². The van der Waals surface area contributed by atoms with Crippen LogP contribution in [-0.2, 0) is 15.2 Å². The molecule has 3 aromatic heterocycles. The maximum atomic E-state index is 12.9. The van der Waals surface area contributed by atoms with E-state index in [2.05, 4.69) is 106 Å². The number of fused-ring (bicyclic) bond motifs is 4. The number of alkyl halides is 1. The molecule has 8 rings (SSSR count). The van der Waals surface area contributed by atoms with Crippen LogP contribution in [0.15, 0.2) is 133 Å². The van der Waals surface area contributed by atoms with Crippen molar-refractivity contribution in [3.8, 4) is 0 Å². The number of anilines is 1. The fourth-order valence-electron chi connectivity index (χ4n) is 5.28. The zero-order chi connectivity index (χ0) is 35.4. The quantitative estimate of drug-likeness (QED) is 0.118. The lowest BCUT2D eigenvalue weighted by Crippen LogP contribution is -2.21. The second-order valence-corrected chi connectivity index (χ2v) is 18.5. The Morgan fingerprint density at radius 3 is 2.02 bits per heavy atom. The number of thiophene rings is 3. The molecule has 5 nitrogen and oxygen atoms in total. The average molecular weight is 951 g/mol. The lowest BCUT2D eigenvalue weighted by molar-refractivity contribution is -0.116. The van der Waals surface area contributed by atoms with Crippen LogP contribution >= 0.6 is 101 Å². The van der Waals surface area contributed by atoms with E-state index < -0.39 is 19.2 Å². The van der Waals surface area contributed by atoms with Gasteiger partial charge < -0.3 is 15.1 Å². The number of carbonyl (C=O) groups excluding carboxylic acids is 1. The molecule has 3 heterocycles. The zero-order valence-corrected chi connectivity index (χ0v) is 34.6. The molecule has 0 spiro atoms. The minimum absolute atomic E-state index is 0.327. The van der Waals surface area contributed by atoms with Crippen molar-refractivity contribution in [3.05, 3.63) is 144 Å². The van der Waals surface area contributed by atoms with Gasteiger partial charge >= 0.3 is 7.60 Å². The van der Waals surface area contributed by atoms with Gasteiger partial charge in [-0.3, -0.25) is 9.36 Å². The third-order valence-corrected chi connectivity index (χ3v) is 13.5. The molecule has 1 amide bonds. The van der Waals surface area contributed by atoms with Gasteiger partial charge in [0.05, 0.1) is 0 Å². The third kappa shape index (κ3) is 8.96. The molecule has 0 bridgehead atoms. The van der Waals surface area contributed by atoms with E-state index in [4.69, 9.17) is 11.6 Å². The fourth-order valence-corrected chi connectivity index (χ4v) is 10.4. The van der Waals surface area contributed by atoms with Gasteiger partial charge in [-0.05, 0) is 127 Å². The van der Waals surface area contributed by atoms with E-state index in [0.29, 0.717) is 22.5 Å². The summed E-state index contributed by atoms with van der Waals surface area (Å²) in [4.78, 5) is 32.8. The second-order valence-electron chi connectivity index (χ2n) is 11.0. The Morgan fingerprint density at radius 2 is 1.32 bits per heavy atom. The van der Waals surface area contributed by atoms with Gasteiger partial charge in [-0.25, -0.2) is 0 Å². The number of benzene rings is 5. The summed E-state index contributed by atoms with van der Waals surface area (Å²) in [5.74, 6) is -0.139. The molecule has 254 valence electrons. The van der Waals surface area contributed by atoms with Crippen LogP contribution in [-0.4, -0.2) is 15.7 Å². The highest BCUT2D eigenvalue weighted by Crippen LogP contribution is 2.54. The van der Waals surface area contributed by atoms with Crippen LogP contribution in [0.1, 0.15) is 16.8 Å². The Morgan fingerprint density at radius 1 is 0.700 bits per heavy atom. The van der Waals surface area contributed by atoms with Crippen molar-refractivity contribution in [1.29, 1.82) is 0 Å². The van der Waals surface area contributed by atoms with Gasteiger partial charge in [0.15, 0.2) is 5.66 Å². The number of hydrogen-bond acceptors (Lipinski definition) is 5. The SMILES string of the molecule is Brc1ccc2sccc2c1.ClCc1csc2ccc(Br)cc12.O=C(Nc1ccc2ccccc2c1)C(c1csc2ccc(Br)cc12)P(=O)(O)O. The van der Waals surface area contributed by atoms with Gasteiger partial charge in [0.2, 0.25) is 5.91 Å². The molecule has 0 aliphatic rings. The topological polar surface area (TPSA) is 86.6 Å². The highest BCUT2D eigenvalue weighted by molar-refractivity contribution is 9.11. The van der Waals surface area contributed by atoms with Crippen LogP contribution in [0.25, 0.3) is 41.0 Å². The van der Waals surface area contributed by atoms with Crippen LogP contribution in [0.2, 0.25) is 0 Å². The average Bonchev–Trinajstić information content (AvgIpc) is 3.83. The van der Waals surface area contributed by atoms with Gasteiger partial charge in [0.1, 0.15) is 0 Å². The largest absolute Gasteiger partial charge is 0.342 e. The first kappa shape index (κ1) is 37.4. The molecule has 3 N–H and O–H groups in total. The Balaban J connectivity index is 0.000000159. The number of hydrogen-bond donors (Lipinski definition) is 3. The van der Waals surface area contributed by atoms with E-state index in [9.17, 15) is 19.1 Å².